The van der Waals surface area contributed by atoms with Crippen LogP contribution in [0.4, 0.5) is 5.82 Å². The van der Waals surface area contributed by atoms with Crippen LogP contribution in [0.5, 0.6) is 0 Å². The van der Waals surface area contributed by atoms with E-state index in [1.807, 2.05) is 74.8 Å². The minimum Gasteiger partial charge on any atom is -0.369 e. The highest BCUT2D eigenvalue weighted by Crippen LogP contribution is 2.25. The summed E-state index contributed by atoms with van der Waals surface area (Å²) in [6.45, 7) is 0. The molecule has 0 atom stereocenters. The fourth-order valence-corrected chi connectivity index (χ4v) is 2.73. The summed E-state index contributed by atoms with van der Waals surface area (Å²) in [6, 6.07) is 18.8. The van der Waals surface area contributed by atoms with E-state index in [1.165, 1.54) is 0 Å². The number of nitrogens with one attached hydrogen (secondary N) is 1. The van der Waals surface area contributed by atoms with E-state index in [4.69, 9.17) is 0 Å². The summed E-state index contributed by atoms with van der Waals surface area (Å²) in [5.41, 5.74) is 2.35. The first kappa shape index (κ1) is 17.5. The largest absolute Gasteiger partial charge is 0.369 e. The molecule has 0 unspecified atom stereocenters. The molecule has 0 aliphatic rings. The molecule has 0 bridgehead atoms. The molecule has 2 heterocycles. The van der Waals surface area contributed by atoms with Crippen LogP contribution in [0.3, 0.4) is 0 Å². The summed E-state index contributed by atoms with van der Waals surface area (Å²) in [5.74, 6) is 0.870. The predicted octanol–water partition coefficient (Wildman–Crippen LogP) is 3.27. The van der Waals surface area contributed by atoms with Crippen LogP contribution in [-0.2, 0) is 0 Å². The van der Waals surface area contributed by atoms with Gasteiger partial charge in [-0.05, 0) is 0 Å². The third-order valence-electron chi connectivity index (χ3n) is 4.03. The molecule has 0 aliphatic heterocycles. The maximum absolute atomic E-state index is 12.6. The van der Waals surface area contributed by atoms with Crippen molar-refractivity contribution in [3.63, 3.8) is 0 Å². The lowest BCUT2D eigenvalue weighted by molar-refractivity contribution is 0.643. The number of aliphatic imine (C=N–C) groups is 1. The number of benzene rings is 2. The predicted molar refractivity (Wildman–Crippen MR) is 111 cm³/mol. The molecule has 2 aromatic carbocycles. The normalized spacial score (nSPS) is 11.2. The summed E-state index contributed by atoms with van der Waals surface area (Å²) in [6.07, 6.45) is 1.64. The Morgan fingerprint density at radius 2 is 1.54 bits per heavy atom. The molecule has 4 rings (SSSR count). The Bertz CT molecular complexity index is 1200. The van der Waals surface area contributed by atoms with Gasteiger partial charge < -0.3 is 9.88 Å². The summed E-state index contributed by atoms with van der Waals surface area (Å²) in [5, 5.41) is 0. The van der Waals surface area contributed by atoms with E-state index in [9.17, 15) is 4.79 Å². The molecule has 0 spiro atoms. The van der Waals surface area contributed by atoms with Gasteiger partial charge in [-0.2, -0.15) is 0 Å². The molecular formula is C21H18N6O. The number of aromatic amines is 1. The van der Waals surface area contributed by atoms with Crippen LogP contribution in [0.25, 0.3) is 33.8 Å². The van der Waals surface area contributed by atoms with Gasteiger partial charge in [0.25, 0.3) is 5.56 Å². The van der Waals surface area contributed by atoms with Gasteiger partial charge >= 0.3 is 0 Å². The second kappa shape index (κ2) is 7.40. The monoisotopic (exact) mass is 370 g/mol. The van der Waals surface area contributed by atoms with Crippen molar-refractivity contribution in [2.75, 3.05) is 14.1 Å². The third kappa shape index (κ3) is 3.50. The van der Waals surface area contributed by atoms with Gasteiger partial charge in [-0.3, -0.25) is 4.79 Å². The average Bonchev–Trinajstić information content (AvgIpc) is 2.72. The molecule has 0 saturated heterocycles. The molecule has 0 amide bonds. The Morgan fingerprint density at radius 1 is 0.893 bits per heavy atom. The Balaban J connectivity index is 1.98. The van der Waals surface area contributed by atoms with Gasteiger partial charge in [0, 0.05) is 25.2 Å². The molecule has 0 saturated carbocycles. The van der Waals surface area contributed by atoms with Crippen LogP contribution in [0, 0.1) is 0 Å². The van der Waals surface area contributed by atoms with E-state index < -0.39 is 0 Å². The van der Waals surface area contributed by atoms with Gasteiger partial charge in [0.15, 0.2) is 22.8 Å². The van der Waals surface area contributed by atoms with Crippen molar-refractivity contribution in [2.45, 2.75) is 0 Å². The third-order valence-corrected chi connectivity index (χ3v) is 4.03. The first-order valence-electron chi connectivity index (χ1n) is 8.75. The van der Waals surface area contributed by atoms with Gasteiger partial charge in [-0.15, -0.1) is 0 Å². The summed E-state index contributed by atoms with van der Waals surface area (Å²) >= 11 is 0. The van der Waals surface area contributed by atoms with E-state index in [1.54, 1.807) is 11.2 Å². The van der Waals surface area contributed by atoms with Crippen molar-refractivity contribution in [1.29, 1.82) is 0 Å². The van der Waals surface area contributed by atoms with E-state index in [-0.39, 0.29) is 5.56 Å². The van der Waals surface area contributed by atoms with Crippen molar-refractivity contribution in [2.24, 2.45) is 4.99 Å². The number of rotatable bonds is 4. The van der Waals surface area contributed by atoms with Crippen LogP contribution in [0.2, 0.25) is 0 Å². The molecule has 0 radical (unpaired) electrons. The molecule has 2 aromatic heterocycles. The van der Waals surface area contributed by atoms with Crippen LogP contribution < -0.4 is 5.56 Å². The SMILES string of the molecule is CN(C)C=Nc1nc(-c2ccccc2)nc2[nH]c(=O)c(-c3ccccc3)nc12. The fraction of sp³-hybridized carbons (Fsp3) is 0.0952. The number of aromatic nitrogens is 4. The lowest BCUT2D eigenvalue weighted by atomic mass is 10.1. The molecule has 1 N–H and O–H groups in total. The topological polar surface area (TPSA) is 87.1 Å². The summed E-state index contributed by atoms with van der Waals surface area (Å²) in [7, 11) is 3.74. The zero-order valence-electron chi connectivity index (χ0n) is 15.5. The number of hydrogen-bond acceptors (Lipinski definition) is 5. The Kier molecular flexibility index (Phi) is 4.63. The first-order valence-corrected chi connectivity index (χ1v) is 8.75. The molecule has 7 nitrogen and oxygen atoms in total. The lowest BCUT2D eigenvalue weighted by Crippen LogP contribution is -2.13. The van der Waals surface area contributed by atoms with E-state index in [0.717, 1.165) is 11.1 Å². The highest BCUT2D eigenvalue weighted by Gasteiger charge is 2.14. The van der Waals surface area contributed by atoms with Gasteiger partial charge in [-0.1, -0.05) is 60.7 Å². The van der Waals surface area contributed by atoms with Crippen molar-refractivity contribution < 1.29 is 0 Å². The van der Waals surface area contributed by atoms with Crippen LogP contribution >= 0.6 is 0 Å². The standard InChI is InChI=1S/C21H18N6O/c1-27(2)13-22-19-17-20(25-18(24-19)15-11-7-4-8-12-15)26-21(28)16(23-17)14-9-5-3-6-10-14/h3-13H,1-2H3,(H,24,25,26,28). The Labute approximate surface area is 161 Å². The van der Waals surface area contributed by atoms with Gasteiger partial charge in [-0.25, -0.2) is 19.9 Å². The zero-order chi connectivity index (χ0) is 19.5. The first-order chi connectivity index (χ1) is 13.6. The Morgan fingerprint density at radius 3 is 2.18 bits per heavy atom. The minimum absolute atomic E-state index is 0.307. The molecule has 7 heteroatoms. The van der Waals surface area contributed by atoms with Crippen molar-refractivity contribution in [3.8, 4) is 22.6 Å². The molecule has 138 valence electrons. The highest BCUT2D eigenvalue weighted by atomic mass is 16.1. The average molecular weight is 370 g/mol. The van der Waals surface area contributed by atoms with Gasteiger partial charge in [0.2, 0.25) is 0 Å². The van der Waals surface area contributed by atoms with Crippen LogP contribution in [0.15, 0.2) is 70.5 Å². The highest BCUT2D eigenvalue weighted by molar-refractivity contribution is 5.86. The number of H-pyrrole nitrogens is 1. The second-order valence-corrected chi connectivity index (χ2v) is 6.42. The van der Waals surface area contributed by atoms with Gasteiger partial charge in [0.1, 0.15) is 5.69 Å². The van der Waals surface area contributed by atoms with Gasteiger partial charge in [0.05, 0.1) is 6.34 Å². The number of nitrogens with zero attached hydrogens (tertiary/aromatic N) is 5. The summed E-state index contributed by atoms with van der Waals surface area (Å²) in [4.78, 5) is 35.4. The van der Waals surface area contributed by atoms with Crippen LogP contribution in [-0.4, -0.2) is 45.3 Å². The van der Waals surface area contributed by atoms with Crippen LogP contribution in [0.1, 0.15) is 0 Å². The number of fused-ring (bicyclic) bond motifs is 1. The quantitative estimate of drug-likeness (QED) is 0.440. The molecular weight excluding hydrogens is 352 g/mol. The lowest BCUT2D eigenvalue weighted by Gasteiger charge is -2.08. The fourth-order valence-electron chi connectivity index (χ4n) is 2.73. The van der Waals surface area contributed by atoms with Crippen molar-refractivity contribution in [1.82, 2.24) is 24.8 Å². The molecule has 0 fully saturated rings. The zero-order valence-corrected chi connectivity index (χ0v) is 15.5. The van der Waals surface area contributed by atoms with Crippen molar-refractivity contribution >= 4 is 23.3 Å². The molecule has 0 aliphatic carbocycles. The second-order valence-electron chi connectivity index (χ2n) is 6.42. The maximum atomic E-state index is 12.6. The molecule has 28 heavy (non-hydrogen) atoms. The minimum atomic E-state index is -0.307. The van der Waals surface area contributed by atoms with E-state index in [2.05, 4.69) is 24.9 Å². The smallest absolute Gasteiger partial charge is 0.276 e. The van der Waals surface area contributed by atoms with Crippen molar-refractivity contribution in [3.05, 3.63) is 71.0 Å². The molecule has 4 aromatic rings. The Hall–Kier alpha value is -3.87. The maximum Gasteiger partial charge on any atom is 0.276 e. The summed E-state index contributed by atoms with van der Waals surface area (Å²) < 4.78 is 0. The van der Waals surface area contributed by atoms with E-state index in [0.29, 0.717) is 28.5 Å². The number of hydrogen-bond donors (Lipinski definition) is 1. The van der Waals surface area contributed by atoms with E-state index >= 15 is 0 Å².